The largest absolute Gasteiger partial charge is 0.469 e. The third-order valence-electron chi connectivity index (χ3n) is 4.19. The van der Waals surface area contributed by atoms with Gasteiger partial charge in [-0.2, -0.15) is 13.4 Å². The third-order valence-corrected chi connectivity index (χ3v) is 6.31. The molecule has 1 aliphatic rings. The van der Waals surface area contributed by atoms with Crippen molar-refractivity contribution in [3.63, 3.8) is 0 Å². The first-order valence-electron chi connectivity index (χ1n) is 9.42. The Morgan fingerprint density at radius 2 is 1.91 bits per heavy atom. The summed E-state index contributed by atoms with van der Waals surface area (Å²) >= 11 is 2.48. The second kappa shape index (κ2) is 13.3. The Bertz CT molecular complexity index is 989. The lowest BCUT2D eigenvalue weighted by atomic mass is 10.2. The molecule has 1 saturated heterocycles. The average Bonchev–Trinajstić information content (AvgIpc) is 3.01. The lowest BCUT2D eigenvalue weighted by molar-refractivity contribution is -0.140. The fourth-order valence-corrected chi connectivity index (χ4v) is 4.13. The topological polar surface area (TPSA) is 166 Å². The summed E-state index contributed by atoms with van der Waals surface area (Å²) in [4.78, 5) is 42.8. The molecule has 33 heavy (non-hydrogen) atoms. The van der Waals surface area contributed by atoms with Crippen molar-refractivity contribution in [2.75, 3.05) is 27.0 Å². The molecule has 0 saturated carbocycles. The van der Waals surface area contributed by atoms with Gasteiger partial charge in [0.2, 0.25) is 5.91 Å². The van der Waals surface area contributed by atoms with Crippen LogP contribution in [-0.2, 0) is 24.4 Å². The summed E-state index contributed by atoms with van der Waals surface area (Å²) in [6, 6.07) is 6.70. The number of benzene rings is 1. The van der Waals surface area contributed by atoms with E-state index < -0.39 is 15.4 Å². The molecule has 1 heterocycles. The van der Waals surface area contributed by atoms with Crippen molar-refractivity contribution in [3.05, 3.63) is 29.8 Å². The van der Waals surface area contributed by atoms with Crippen molar-refractivity contribution in [3.8, 4) is 0 Å². The van der Waals surface area contributed by atoms with Crippen LogP contribution in [0.5, 0.6) is 0 Å². The first kappa shape index (κ1) is 28.6. The number of thioether (sulfide) groups is 2. The van der Waals surface area contributed by atoms with Gasteiger partial charge in [0.05, 0.1) is 25.3 Å². The van der Waals surface area contributed by atoms with Gasteiger partial charge in [0.15, 0.2) is 5.17 Å². The molecular weight excluding hydrogens is 492 g/mol. The summed E-state index contributed by atoms with van der Waals surface area (Å²) in [5.41, 5.74) is 1.66. The molecule has 0 aliphatic carbocycles. The van der Waals surface area contributed by atoms with Crippen molar-refractivity contribution in [2.45, 2.75) is 29.5 Å². The summed E-state index contributed by atoms with van der Waals surface area (Å²) in [7, 11) is -0.580. The third kappa shape index (κ3) is 10.4. The number of aliphatic imine (C=N–C) groups is 1. The summed E-state index contributed by atoms with van der Waals surface area (Å²) < 4.78 is 30.4. The molecule has 2 atom stereocenters. The Kier molecular flexibility index (Phi) is 11.6. The first-order valence-corrected chi connectivity index (χ1v) is 13.0. The molecule has 2 rings (SSSR count). The highest BCUT2D eigenvalue weighted by atomic mass is 32.2. The number of hydrogen-bond donors (Lipinski definition) is 3. The maximum absolute atomic E-state index is 12.4. The fourth-order valence-electron chi connectivity index (χ4n) is 2.44. The minimum Gasteiger partial charge on any atom is -0.469 e. The van der Waals surface area contributed by atoms with Crippen LogP contribution in [0.15, 0.2) is 34.2 Å². The van der Waals surface area contributed by atoms with E-state index in [4.69, 9.17) is 9.96 Å². The molecule has 0 spiro atoms. The van der Waals surface area contributed by atoms with Gasteiger partial charge < -0.3 is 20.4 Å². The molecule has 0 radical (unpaired) electrons. The van der Waals surface area contributed by atoms with E-state index in [9.17, 15) is 22.8 Å². The van der Waals surface area contributed by atoms with E-state index in [1.54, 1.807) is 36.2 Å². The number of carbonyl (C=O) groups excluding carboxylic acids is 3. The Morgan fingerprint density at radius 1 is 1.33 bits per heavy atom. The zero-order chi connectivity index (χ0) is 25.2. The minimum absolute atomic E-state index is 0.107. The van der Waals surface area contributed by atoms with Gasteiger partial charge in [-0.25, -0.2) is 0 Å². The number of nitrogens with zero attached hydrogens (tertiary/aromatic N) is 2. The molecular formula is C19H26N4O7S3. The number of amides is 2. The van der Waals surface area contributed by atoms with Crippen molar-refractivity contribution >= 4 is 62.1 Å². The van der Waals surface area contributed by atoms with Gasteiger partial charge >= 0.3 is 5.97 Å². The van der Waals surface area contributed by atoms with Gasteiger partial charge in [-0.1, -0.05) is 23.5 Å². The van der Waals surface area contributed by atoms with Gasteiger partial charge in [-0.3, -0.25) is 18.9 Å². The number of methoxy groups -OCH3 is 1. The highest BCUT2D eigenvalue weighted by Gasteiger charge is 2.39. The van der Waals surface area contributed by atoms with Gasteiger partial charge in [0.1, 0.15) is 5.25 Å². The van der Waals surface area contributed by atoms with Crippen LogP contribution < -0.4 is 5.32 Å². The summed E-state index contributed by atoms with van der Waals surface area (Å²) in [5, 5.41) is 9.84. The monoisotopic (exact) mass is 518 g/mol. The lowest BCUT2D eigenvalue weighted by Gasteiger charge is -2.19. The fraction of sp³-hybridized carbons (Fsp3) is 0.421. The van der Waals surface area contributed by atoms with Gasteiger partial charge in [-0.15, -0.1) is 0 Å². The van der Waals surface area contributed by atoms with Crippen molar-refractivity contribution in [2.24, 2.45) is 4.99 Å². The van der Waals surface area contributed by atoms with Crippen LogP contribution in [-0.4, -0.2) is 84.6 Å². The molecule has 182 valence electrons. The van der Waals surface area contributed by atoms with E-state index in [1.807, 2.05) is 6.92 Å². The SMILES string of the molecule is COC(=O)CCNC(=O)C1SC(=NC(=O)c2ccc(SC=N)cc2)N(C)C1C.CS(=O)(=O)O. The smallest absolute Gasteiger partial charge is 0.307 e. The van der Waals surface area contributed by atoms with Gasteiger partial charge in [0.25, 0.3) is 16.0 Å². The van der Waals surface area contributed by atoms with Crippen LogP contribution in [0, 0.1) is 5.41 Å². The molecule has 1 aromatic rings. The molecule has 0 aromatic heterocycles. The molecule has 0 bridgehead atoms. The lowest BCUT2D eigenvalue weighted by Crippen LogP contribution is -2.41. The van der Waals surface area contributed by atoms with Crippen molar-refractivity contribution < 1.29 is 32.1 Å². The van der Waals surface area contributed by atoms with Crippen LogP contribution in [0.1, 0.15) is 23.7 Å². The normalized spacial score (nSPS) is 18.8. The zero-order valence-corrected chi connectivity index (χ0v) is 20.9. The maximum Gasteiger partial charge on any atom is 0.307 e. The van der Waals surface area contributed by atoms with Crippen LogP contribution in [0.25, 0.3) is 0 Å². The quantitative estimate of drug-likeness (QED) is 0.158. The van der Waals surface area contributed by atoms with Gasteiger partial charge in [0, 0.05) is 30.1 Å². The molecule has 2 amide bonds. The maximum atomic E-state index is 12.4. The first-order chi connectivity index (χ1) is 15.4. The van der Waals surface area contributed by atoms with E-state index >= 15 is 0 Å². The Balaban J connectivity index is 0.000000981. The van der Waals surface area contributed by atoms with E-state index in [-0.39, 0.29) is 36.8 Å². The average molecular weight is 519 g/mol. The summed E-state index contributed by atoms with van der Waals surface area (Å²) in [6.07, 6.45) is 0.822. The minimum atomic E-state index is -3.67. The van der Waals surface area contributed by atoms with Crippen LogP contribution in [0.4, 0.5) is 0 Å². The Morgan fingerprint density at radius 3 is 2.42 bits per heavy atom. The van der Waals surface area contributed by atoms with Crippen molar-refractivity contribution in [1.82, 2.24) is 10.2 Å². The zero-order valence-electron chi connectivity index (χ0n) is 18.5. The molecule has 3 N–H and O–H groups in total. The second-order valence-corrected chi connectivity index (χ2v) is 10.2. The number of nitrogens with one attached hydrogen (secondary N) is 2. The van der Waals surface area contributed by atoms with Crippen LogP contribution in [0.3, 0.4) is 0 Å². The number of hydrogen-bond acceptors (Lipinski definition) is 9. The molecule has 14 heteroatoms. The van der Waals surface area contributed by atoms with Crippen LogP contribution >= 0.6 is 23.5 Å². The highest BCUT2D eigenvalue weighted by Crippen LogP contribution is 2.31. The van der Waals surface area contributed by atoms with E-state index in [2.05, 4.69) is 15.0 Å². The molecule has 11 nitrogen and oxygen atoms in total. The van der Waals surface area contributed by atoms with E-state index in [0.29, 0.717) is 17.0 Å². The second-order valence-electron chi connectivity index (χ2n) is 6.70. The van der Waals surface area contributed by atoms with Crippen LogP contribution in [0.2, 0.25) is 0 Å². The molecule has 1 aromatic carbocycles. The number of rotatable bonds is 7. The van der Waals surface area contributed by atoms with E-state index in [1.165, 1.54) is 36.2 Å². The standard InChI is InChI=1S/C18H22N4O4S2.CH4O3S/c1-11-15(17(25)20-9-8-14(23)26-3)28-18(22(11)2)21-16(24)12-4-6-13(7-5-12)27-10-19;1-5(2,3)4/h4-7,10-11,15,19H,8-9H2,1-3H3,(H,20,25);1H3,(H,2,3,4). The number of esters is 1. The van der Waals surface area contributed by atoms with Crippen molar-refractivity contribution in [1.29, 1.82) is 5.41 Å². The van der Waals surface area contributed by atoms with Gasteiger partial charge in [-0.05, 0) is 31.2 Å². The number of ether oxygens (including phenoxy) is 1. The Hall–Kier alpha value is -2.42. The molecule has 1 aliphatic heterocycles. The number of carbonyl (C=O) groups is 3. The summed E-state index contributed by atoms with van der Waals surface area (Å²) in [6.45, 7) is 2.08. The Labute approximate surface area is 201 Å². The predicted molar refractivity (Wildman–Crippen MR) is 129 cm³/mol. The summed E-state index contributed by atoms with van der Waals surface area (Å²) in [5.74, 6) is -0.985. The molecule has 1 fully saturated rings. The predicted octanol–water partition coefficient (Wildman–Crippen LogP) is 1.50. The number of amidine groups is 1. The highest BCUT2D eigenvalue weighted by molar-refractivity contribution is 8.15. The van der Waals surface area contributed by atoms with E-state index in [0.717, 1.165) is 4.90 Å². The molecule has 2 unspecified atom stereocenters.